The van der Waals surface area contributed by atoms with Crippen molar-refractivity contribution in [2.24, 2.45) is 0 Å². The van der Waals surface area contributed by atoms with Crippen LogP contribution >= 0.6 is 0 Å². The minimum absolute atomic E-state index is 0.00923. The Morgan fingerprint density at radius 1 is 1.05 bits per heavy atom. The summed E-state index contributed by atoms with van der Waals surface area (Å²) in [7, 11) is 0. The molecule has 0 radical (unpaired) electrons. The van der Waals surface area contributed by atoms with Crippen molar-refractivity contribution in [3.05, 3.63) is 62.4 Å². The van der Waals surface area contributed by atoms with E-state index in [9.17, 15) is 23.2 Å². The van der Waals surface area contributed by atoms with Crippen LogP contribution in [-0.4, -0.2) is 15.9 Å². The van der Waals surface area contributed by atoms with Crippen LogP contribution in [0.1, 0.15) is 10.5 Å². The van der Waals surface area contributed by atoms with Gasteiger partial charge in [0.05, 0.1) is 0 Å². The minimum atomic E-state index is -1.13. The van der Waals surface area contributed by atoms with Crippen LogP contribution in [0.5, 0.6) is 0 Å². The Hall–Kier alpha value is -2.77. The topological polar surface area (TPSA) is 94.8 Å². The van der Waals surface area contributed by atoms with Crippen molar-refractivity contribution in [1.29, 1.82) is 0 Å². The number of hydrogen-bond donors (Lipinski definition) is 3. The molecule has 0 unspecified atom stereocenters. The summed E-state index contributed by atoms with van der Waals surface area (Å²) in [6, 6.07) is 3.63. The molecule has 19 heavy (non-hydrogen) atoms. The van der Waals surface area contributed by atoms with E-state index in [0.717, 1.165) is 24.3 Å². The van der Waals surface area contributed by atoms with Crippen LogP contribution < -0.4 is 16.6 Å². The van der Waals surface area contributed by atoms with E-state index < -0.39 is 28.8 Å². The Morgan fingerprint density at radius 2 is 1.79 bits per heavy atom. The summed E-state index contributed by atoms with van der Waals surface area (Å²) in [4.78, 5) is 37.6. The number of nitrogens with one attached hydrogen (secondary N) is 3. The number of hydrogen-bond acceptors (Lipinski definition) is 3. The third-order valence-corrected chi connectivity index (χ3v) is 2.18. The van der Waals surface area contributed by atoms with Gasteiger partial charge in [-0.15, -0.1) is 0 Å². The van der Waals surface area contributed by atoms with E-state index in [1.165, 1.54) is 0 Å². The predicted molar refractivity (Wildman–Crippen MR) is 62.0 cm³/mol. The predicted octanol–water partition coefficient (Wildman–Crippen LogP) is 0.594. The Labute approximate surface area is 104 Å². The summed E-state index contributed by atoms with van der Waals surface area (Å²) in [5.74, 6) is -3.01. The van der Waals surface area contributed by atoms with Gasteiger partial charge in [0.15, 0.2) is 11.6 Å². The molecule has 0 spiro atoms. The monoisotopic (exact) mass is 267 g/mol. The van der Waals surface area contributed by atoms with E-state index in [-0.39, 0.29) is 11.4 Å². The zero-order valence-electron chi connectivity index (χ0n) is 9.29. The van der Waals surface area contributed by atoms with E-state index in [1.54, 1.807) is 0 Å². The zero-order valence-corrected chi connectivity index (χ0v) is 9.29. The van der Waals surface area contributed by atoms with Crippen LogP contribution in [0.25, 0.3) is 0 Å². The lowest BCUT2D eigenvalue weighted by Crippen LogP contribution is -2.27. The maximum Gasteiger partial charge on any atom is 0.326 e. The number of rotatable bonds is 2. The first kappa shape index (κ1) is 12.7. The van der Waals surface area contributed by atoms with Gasteiger partial charge in [0.25, 0.3) is 11.5 Å². The van der Waals surface area contributed by atoms with Gasteiger partial charge in [-0.2, -0.15) is 0 Å². The lowest BCUT2D eigenvalue weighted by atomic mass is 10.3. The van der Waals surface area contributed by atoms with Gasteiger partial charge in [-0.3, -0.25) is 14.6 Å². The lowest BCUT2D eigenvalue weighted by molar-refractivity contribution is 0.102. The molecule has 0 saturated carbocycles. The highest BCUT2D eigenvalue weighted by Crippen LogP contribution is 2.13. The number of aromatic amines is 2. The van der Waals surface area contributed by atoms with Gasteiger partial charge in [0.2, 0.25) is 0 Å². The van der Waals surface area contributed by atoms with Gasteiger partial charge in [-0.25, -0.2) is 13.6 Å². The average molecular weight is 267 g/mol. The first-order valence-corrected chi connectivity index (χ1v) is 5.06. The molecule has 3 N–H and O–H groups in total. The molecule has 1 aromatic carbocycles. The SMILES string of the molecule is O=C(Nc1ccc(F)c(F)c1)c1cc(=O)[nH]c(=O)[nH]1. The number of carbonyl (C=O) groups excluding carboxylic acids is 1. The maximum atomic E-state index is 12.9. The summed E-state index contributed by atoms with van der Waals surface area (Å²) in [6.45, 7) is 0. The molecule has 0 aliphatic carbocycles. The van der Waals surface area contributed by atoms with Gasteiger partial charge >= 0.3 is 5.69 Å². The number of anilines is 1. The molecular weight excluding hydrogens is 260 g/mol. The van der Waals surface area contributed by atoms with E-state index in [0.29, 0.717) is 0 Å². The second kappa shape index (κ2) is 4.84. The van der Waals surface area contributed by atoms with Gasteiger partial charge in [-0.1, -0.05) is 0 Å². The van der Waals surface area contributed by atoms with Crippen LogP contribution in [0.2, 0.25) is 0 Å². The van der Waals surface area contributed by atoms with Crippen LogP contribution in [0.15, 0.2) is 33.9 Å². The van der Waals surface area contributed by atoms with Crippen molar-refractivity contribution in [3.8, 4) is 0 Å². The largest absolute Gasteiger partial charge is 0.326 e. The molecular formula is C11H7F2N3O3. The molecule has 0 fully saturated rings. The molecule has 2 aromatic rings. The first-order chi connectivity index (χ1) is 8.95. The Bertz CT molecular complexity index is 723. The van der Waals surface area contributed by atoms with Gasteiger partial charge in [0, 0.05) is 17.8 Å². The third-order valence-electron chi connectivity index (χ3n) is 2.18. The molecule has 0 saturated heterocycles. The highest BCUT2D eigenvalue weighted by Gasteiger charge is 2.10. The fraction of sp³-hybridized carbons (Fsp3) is 0. The van der Waals surface area contributed by atoms with Crippen molar-refractivity contribution < 1.29 is 13.6 Å². The molecule has 0 aliphatic rings. The van der Waals surface area contributed by atoms with Crippen molar-refractivity contribution in [3.63, 3.8) is 0 Å². The number of benzene rings is 1. The molecule has 1 amide bonds. The fourth-order valence-corrected chi connectivity index (χ4v) is 1.36. The molecule has 0 bridgehead atoms. The highest BCUT2D eigenvalue weighted by atomic mass is 19.2. The normalized spacial score (nSPS) is 10.2. The Morgan fingerprint density at radius 3 is 2.42 bits per heavy atom. The van der Waals surface area contributed by atoms with Crippen LogP contribution in [-0.2, 0) is 0 Å². The number of halogens is 2. The summed E-state index contributed by atoms with van der Waals surface area (Å²) < 4.78 is 25.6. The van der Waals surface area contributed by atoms with E-state index in [4.69, 9.17) is 0 Å². The van der Waals surface area contributed by atoms with Crippen LogP contribution in [0.3, 0.4) is 0 Å². The quantitative estimate of drug-likeness (QED) is 0.743. The van der Waals surface area contributed by atoms with Crippen molar-refractivity contribution >= 4 is 11.6 Å². The van der Waals surface area contributed by atoms with Gasteiger partial charge < -0.3 is 10.3 Å². The third kappa shape index (κ3) is 2.92. The van der Waals surface area contributed by atoms with Crippen molar-refractivity contribution in [1.82, 2.24) is 9.97 Å². The lowest BCUT2D eigenvalue weighted by Gasteiger charge is -2.04. The summed E-state index contributed by atoms with van der Waals surface area (Å²) >= 11 is 0. The van der Waals surface area contributed by atoms with E-state index in [1.807, 2.05) is 4.98 Å². The number of carbonyl (C=O) groups is 1. The molecule has 2 rings (SSSR count). The fourth-order valence-electron chi connectivity index (χ4n) is 1.36. The Balaban J connectivity index is 2.27. The Kier molecular flexibility index (Phi) is 3.23. The van der Waals surface area contributed by atoms with Crippen molar-refractivity contribution in [2.75, 3.05) is 5.32 Å². The average Bonchev–Trinajstić information content (AvgIpc) is 2.32. The van der Waals surface area contributed by atoms with E-state index >= 15 is 0 Å². The molecule has 98 valence electrons. The van der Waals surface area contributed by atoms with Gasteiger partial charge in [-0.05, 0) is 12.1 Å². The number of H-pyrrole nitrogens is 2. The smallest absolute Gasteiger partial charge is 0.321 e. The molecule has 8 heteroatoms. The maximum absolute atomic E-state index is 12.9. The highest BCUT2D eigenvalue weighted by molar-refractivity contribution is 6.02. The second-order valence-corrected chi connectivity index (χ2v) is 3.58. The molecule has 1 aromatic heterocycles. The first-order valence-electron chi connectivity index (χ1n) is 5.06. The molecule has 1 heterocycles. The number of aromatic nitrogens is 2. The van der Waals surface area contributed by atoms with Crippen molar-refractivity contribution in [2.45, 2.75) is 0 Å². The molecule has 0 atom stereocenters. The molecule has 0 aliphatic heterocycles. The summed E-state index contributed by atoms with van der Waals surface area (Å²) in [6.07, 6.45) is 0. The number of amides is 1. The summed E-state index contributed by atoms with van der Waals surface area (Å²) in [5.41, 5.74) is -1.90. The molecule has 6 nitrogen and oxygen atoms in total. The zero-order chi connectivity index (χ0) is 14.0. The van der Waals surface area contributed by atoms with Crippen LogP contribution in [0, 0.1) is 11.6 Å². The minimum Gasteiger partial charge on any atom is -0.321 e. The van der Waals surface area contributed by atoms with E-state index in [2.05, 4.69) is 10.3 Å². The standard InChI is InChI=1S/C11H7F2N3O3/c12-6-2-1-5(3-7(6)13)14-10(18)8-4-9(17)16-11(19)15-8/h1-4H,(H,14,18)(H2,15,16,17,19). The van der Waals surface area contributed by atoms with Gasteiger partial charge in [0.1, 0.15) is 5.69 Å². The van der Waals surface area contributed by atoms with Crippen LogP contribution in [0.4, 0.5) is 14.5 Å². The second-order valence-electron chi connectivity index (χ2n) is 3.58. The summed E-state index contributed by atoms with van der Waals surface area (Å²) in [5, 5.41) is 2.21.